The summed E-state index contributed by atoms with van der Waals surface area (Å²) in [6, 6.07) is 15.0. The lowest BCUT2D eigenvalue weighted by Gasteiger charge is -2.39. The van der Waals surface area contributed by atoms with Gasteiger partial charge in [0, 0.05) is 24.7 Å². The molecule has 3 heterocycles. The molecule has 2 aliphatic heterocycles. The first kappa shape index (κ1) is 28.2. The Labute approximate surface area is 246 Å². The number of likely N-dealkylation sites (tertiary alicyclic amines) is 1. The minimum atomic E-state index is -0.600. The highest BCUT2D eigenvalue weighted by Crippen LogP contribution is 2.26. The number of hydrogen-bond acceptors (Lipinski definition) is 9. The molecule has 7 N–H and O–H groups in total. The van der Waals surface area contributed by atoms with Gasteiger partial charge in [0.15, 0.2) is 28.4 Å². The zero-order chi connectivity index (χ0) is 29.0. The molecule has 14 heteroatoms. The highest BCUT2D eigenvalue weighted by atomic mass is 35.5. The van der Waals surface area contributed by atoms with Crippen LogP contribution in [-0.2, 0) is 13.2 Å². The second kappa shape index (κ2) is 12.1. The number of aromatic nitrogens is 2. The molecule has 3 amide bonds. The molecule has 1 fully saturated rings. The van der Waals surface area contributed by atoms with Crippen LogP contribution in [0.15, 0.2) is 53.5 Å². The fraction of sp³-hybridized carbons (Fsp3) is 0.296. The monoisotopic (exact) mass is 597 g/mol. The van der Waals surface area contributed by atoms with Crippen molar-refractivity contribution in [2.24, 2.45) is 4.99 Å². The van der Waals surface area contributed by atoms with Crippen LogP contribution in [0.2, 0.25) is 10.2 Å². The van der Waals surface area contributed by atoms with Gasteiger partial charge in [0.2, 0.25) is 0 Å². The number of carbonyl (C=O) groups is 2. The van der Waals surface area contributed by atoms with Gasteiger partial charge in [0.1, 0.15) is 12.4 Å². The average Bonchev–Trinajstić information content (AvgIpc) is 3.35. The summed E-state index contributed by atoms with van der Waals surface area (Å²) in [6.07, 6.45) is 1.32. The van der Waals surface area contributed by atoms with Gasteiger partial charge in [-0.25, -0.2) is 14.8 Å². The van der Waals surface area contributed by atoms with Gasteiger partial charge in [0.25, 0.3) is 5.91 Å². The second-order valence-electron chi connectivity index (χ2n) is 9.87. The van der Waals surface area contributed by atoms with E-state index in [2.05, 4.69) is 30.9 Å². The van der Waals surface area contributed by atoms with Gasteiger partial charge >= 0.3 is 6.03 Å². The Balaban J connectivity index is 1.07. The van der Waals surface area contributed by atoms with Crippen LogP contribution in [0.1, 0.15) is 34.5 Å². The Morgan fingerprint density at radius 3 is 2.54 bits per heavy atom. The number of nitrogen functional groups attached to an aromatic ring is 2. The highest BCUT2D eigenvalue weighted by molar-refractivity contribution is 6.31. The van der Waals surface area contributed by atoms with Crippen LogP contribution in [0.25, 0.3) is 0 Å². The summed E-state index contributed by atoms with van der Waals surface area (Å²) in [7, 11) is 0. The summed E-state index contributed by atoms with van der Waals surface area (Å²) < 4.78 is 5.89. The number of aliphatic imine (C=N–C) groups is 1. The normalized spacial score (nSPS) is 15.7. The quantitative estimate of drug-likeness (QED) is 0.288. The molecule has 214 valence electrons. The van der Waals surface area contributed by atoms with Crippen molar-refractivity contribution >= 4 is 52.7 Å². The van der Waals surface area contributed by atoms with E-state index in [1.54, 1.807) is 4.90 Å². The number of ether oxygens (including phenoxy) is 1. The Kier molecular flexibility index (Phi) is 8.31. The zero-order valence-corrected chi connectivity index (χ0v) is 23.5. The molecule has 41 heavy (non-hydrogen) atoms. The number of amides is 3. The molecular weight excluding hydrogens is 569 g/mol. The van der Waals surface area contributed by atoms with Crippen LogP contribution < -0.4 is 32.2 Å². The summed E-state index contributed by atoms with van der Waals surface area (Å²) in [5, 5.41) is 9.52. The van der Waals surface area contributed by atoms with Crippen molar-refractivity contribution in [2.75, 3.05) is 31.1 Å². The molecule has 1 spiro atoms. The van der Waals surface area contributed by atoms with Gasteiger partial charge in [-0.3, -0.25) is 15.1 Å². The van der Waals surface area contributed by atoms with E-state index in [1.807, 2.05) is 48.5 Å². The summed E-state index contributed by atoms with van der Waals surface area (Å²) in [5.41, 5.74) is 12.8. The van der Waals surface area contributed by atoms with Gasteiger partial charge in [-0.2, -0.15) is 0 Å². The fourth-order valence-electron chi connectivity index (χ4n) is 4.61. The molecular formula is C27H29Cl2N9O3. The lowest BCUT2D eigenvalue weighted by molar-refractivity contribution is 0.0971. The summed E-state index contributed by atoms with van der Waals surface area (Å²) in [6.45, 7) is 2.32. The standard InChI is InChI=1S/C27H29Cl2N9O3/c28-18-6-4-16(5-7-18)14-41-19-3-1-2-17(12-19)13-32-26(40)38-10-8-27(9-11-38)15-33-25(37-27)36-24(39)20-22(30)35-23(31)21(29)34-20/h1-7,12H,8-11,13-15H2,(H,32,40)(H4,30,31,35)(H2,33,36,37,39). The van der Waals surface area contributed by atoms with E-state index in [1.165, 1.54) is 0 Å². The van der Waals surface area contributed by atoms with Crippen molar-refractivity contribution in [1.82, 2.24) is 30.8 Å². The molecule has 0 bridgehead atoms. The second-order valence-corrected chi connectivity index (χ2v) is 10.7. The maximum absolute atomic E-state index is 12.9. The largest absolute Gasteiger partial charge is 0.489 e. The number of rotatable bonds is 6. The van der Waals surface area contributed by atoms with Gasteiger partial charge in [-0.15, -0.1) is 0 Å². The zero-order valence-electron chi connectivity index (χ0n) is 22.0. The van der Waals surface area contributed by atoms with Crippen molar-refractivity contribution in [3.8, 4) is 5.75 Å². The summed E-state index contributed by atoms with van der Waals surface area (Å²) in [4.78, 5) is 39.4. The summed E-state index contributed by atoms with van der Waals surface area (Å²) in [5.74, 6) is 0.238. The maximum Gasteiger partial charge on any atom is 0.317 e. The molecule has 12 nitrogen and oxygen atoms in total. The molecule has 0 unspecified atom stereocenters. The Bertz CT molecular complexity index is 1480. The first-order valence-corrected chi connectivity index (χ1v) is 13.7. The lowest BCUT2D eigenvalue weighted by atomic mass is 9.88. The SMILES string of the molecule is Nc1nc(N)c(C(=O)NC2=NCC3(CCN(C(=O)NCc4cccc(OCc5ccc(Cl)cc5)c4)CC3)N2)nc1Cl. The molecule has 0 saturated carbocycles. The Morgan fingerprint density at radius 1 is 1.02 bits per heavy atom. The topological polar surface area (TPSA) is 173 Å². The van der Waals surface area contributed by atoms with Crippen LogP contribution in [-0.4, -0.2) is 57.9 Å². The van der Waals surface area contributed by atoms with E-state index < -0.39 is 5.91 Å². The number of hydrogen-bond donors (Lipinski definition) is 5. The fourth-order valence-corrected chi connectivity index (χ4v) is 4.86. The van der Waals surface area contributed by atoms with E-state index in [9.17, 15) is 9.59 Å². The number of piperidine rings is 1. The van der Waals surface area contributed by atoms with Crippen LogP contribution >= 0.6 is 23.2 Å². The number of halogens is 2. The van der Waals surface area contributed by atoms with Crippen molar-refractivity contribution in [3.05, 3.63) is 75.5 Å². The Hall–Kier alpha value is -4.29. The number of anilines is 2. The first-order valence-electron chi connectivity index (χ1n) is 12.9. The molecule has 0 aliphatic carbocycles. The van der Waals surface area contributed by atoms with Crippen molar-refractivity contribution in [1.29, 1.82) is 0 Å². The first-order chi connectivity index (χ1) is 19.7. The number of benzene rings is 2. The molecule has 1 saturated heterocycles. The molecule has 3 aromatic rings. The molecule has 0 atom stereocenters. The van der Waals surface area contributed by atoms with E-state index >= 15 is 0 Å². The van der Waals surface area contributed by atoms with Crippen LogP contribution in [0.5, 0.6) is 5.75 Å². The minimum Gasteiger partial charge on any atom is -0.489 e. The van der Waals surface area contributed by atoms with Gasteiger partial charge < -0.3 is 31.7 Å². The number of carbonyl (C=O) groups excluding carboxylic acids is 2. The van der Waals surface area contributed by atoms with Crippen LogP contribution in [0.4, 0.5) is 16.4 Å². The maximum atomic E-state index is 12.9. The third-order valence-corrected chi connectivity index (χ3v) is 7.47. The van der Waals surface area contributed by atoms with Crippen LogP contribution in [0.3, 0.4) is 0 Å². The smallest absolute Gasteiger partial charge is 0.317 e. The van der Waals surface area contributed by atoms with E-state index in [4.69, 9.17) is 39.4 Å². The predicted octanol–water partition coefficient (Wildman–Crippen LogP) is 2.96. The van der Waals surface area contributed by atoms with E-state index in [-0.39, 0.29) is 34.1 Å². The third-order valence-electron chi connectivity index (χ3n) is 6.94. The van der Waals surface area contributed by atoms with Gasteiger partial charge in [0.05, 0.1) is 12.1 Å². The van der Waals surface area contributed by atoms with E-state index in [0.29, 0.717) is 56.6 Å². The molecule has 1 aromatic heterocycles. The molecule has 2 aliphatic rings. The number of nitrogens with one attached hydrogen (secondary N) is 3. The summed E-state index contributed by atoms with van der Waals surface area (Å²) >= 11 is 11.8. The van der Waals surface area contributed by atoms with Gasteiger partial charge in [-0.05, 0) is 48.2 Å². The minimum absolute atomic E-state index is 0.0560. The van der Waals surface area contributed by atoms with E-state index in [0.717, 1.165) is 16.9 Å². The molecule has 0 radical (unpaired) electrons. The Morgan fingerprint density at radius 2 is 1.78 bits per heavy atom. The number of urea groups is 1. The number of guanidine groups is 1. The van der Waals surface area contributed by atoms with Crippen molar-refractivity contribution in [3.63, 3.8) is 0 Å². The molecule has 5 rings (SSSR count). The number of nitrogens with two attached hydrogens (primary N) is 2. The molecule has 2 aromatic carbocycles. The van der Waals surface area contributed by atoms with Gasteiger partial charge in [-0.1, -0.05) is 47.5 Å². The number of nitrogens with zero attached hydrogens (tertiary/aromatic N) is 4. The van der Waals surface area contributed by atoms with Crippen molar-refractivity contribution in [2.45, 2.75) is 31.5 Å². The lowest BCUT2D eigenvalue weighted by Crippen LogP contribution is -2.57. The third kappa shape index (κ3) is 6.90. The van der Waals surface area contributed by atoms with Crippen molar-refractivity contribution < 1.29 is 14.3 Å². The average molecular weight is 598 g/mol. The highest BCUT2D eigenvalue weighted by Gasteiger charge is 2.40. The predicted molar refractivity (Wildman–Crippen MR) is 157 cm³/mol. The van der Waals surface area contributed by atoms with Crippen LogP contribution in [0, 0.1) is 0 Å².